The molecule has 1 aromatic carbocycles. The molecule has 1 aliphatic rings. The fourth-order valence-electron chi connectivity index (χ4n) is 3.21. The summed E-state index contributed by atoms with van der Waals surface area (Å²) in [6.07, 6.45) is 4.60. The minimum atomic E-state index is -0.158. The van der Waals surface area contributed by atoms with Gasteiger partial charge in [-0.1, -0.05) is 24.6 Å². The number of hydrogen-bond donors (Lipinski definition) is 1. The molecule has 1 fully saturated rings. The fourth-order valence-corrected chi connectivity index (χ4v) is 3.21. The van der Waals surface area contributed by atoms with Crippen molar-refractivity contribution in [1.29, 1.82) is 0 Å². The van der Waals surface area contributed by atoms with Crippen molar-refractivity contribution in [2.45, 2.75) is 58.1 Å². The van der Waals surface area contributed by atoms with Gasteiger partial charge in [0.2, 0.25) is 0 Å². The van der Waals surface area contributed by atoms with Crippen LogP contribution in [0.5, 0.6) is 5.75 Å². The maximum Gasteiger partial charge on any atom is 0.123 e. The molecule has 0 bridgehead atoms. The molecule has 1 saturated heterocycles. The van der Waals surface area contributed by atoms with Gasteiger partial charge in [0.15, 0.2) is 0 Å². The number of ether oxygens (including phenoxy) is 2. The van der Waals surface area contributed by atoms with Crippen molar-refractivity contribution in [3.05, 3.63) is 29.3 Å². The summed E-state index contributed by atoms with van der Waals surface area (Å²) in [7, 11) is 1.75. The highest BCUT2D eigenvalue weighted by molar-refractivity contribution is 5.40. The molecular formula is C18H29NO2. The Morgan fingerprint density at radius 2 is 2.19 bits per heavy atom. The first-order valence-electron chi connectivity index (χ1n) is 8.12. The van der Waals surface area contributed by atoms with Gasteiger partial charge < -0.3 is 14.8 Å². The minimum absolute atomic E-state index is 0.158. The van der Waals surface area contributed by atoms with Crippen LogP contribution in [0.2, 0.25) is 0 Å². The highest BCUT2D eigenvalue weighted by Gasteiger charge is 2.38. The summed E-state index contributed by atoms with van der Waals surface area (Å²) >= 11 is 0. The third-order valence-electron chi connectivity index (χ3n) is 4.40. The van der Waals surface area contributed by atoms with E-state index in [0.717, 1.165) is 31.7 Å². The molecule has 0 amide bonds. The first kappa shape index (κ1) is 16.3. The van der Waals surface area contributed by atoms with Gasteiger partial charge in [-0.15, -0.1) is 0 Å². The number of hydrogen-bond acceptors (Lipinski definition) is 3. The number of nitrogens with one attached hydrogen (secondary N) is 1. The molecule has 2 atom stereocenters. The molecule has 0 saturated carbocycles. The van der Waals surface area contributed by atoms with Crippen molar-refractivity contribution in [2.75, 3.05) is 20.3 Å². The molecular weight excluding hydrogens is 262 g/mol. The normalized spacial score (nSPS) is 23.8. The summed E-state index contributed by atoms with van der Waals surface area (Å²) in [4.78, 5) is 0. The topological polar surface area (TPSA) is 30.5 Å². The second-order valence-corrected chi connectivity index (χ2v) is 6.25. The van der Waals surface area contributed by atoms with Gasteiger partial charge in [0.25, 0.3) is 0 Å². The highest BCUT2D eigenvalue weighted by Crippen LogP contribution is 2.40. The third kappa shape index (κ3) is 3.78. The quantitative estimate of drug-likeness (QED) is 0.859. The van der Waals surface area contributed by atoms with E-state index in [1.165, 1.54) is 24.0 Å². The van der Waals surface area contributed by atoms with E-state index in [4.69, 9.17) is 9.47 Å². The van der Waals surface area contributed by atoms with Crippen molar-refractivity contribution in [2.24, 2.45) is 0 Å². The first-order chi connectivity index (χ1) is 10.1. The average Bonchev–Trinajstić information content (AvgIpc) is 2.48. The molecule has 1 aliphatic heterocycles. The van der Waals surface area contributed by atoms with E-state index >= 15 is 0 Å². The molecule has 21 heavy (non-hydrogen) atoms. The summed E-state index contributed by atoms with van der Waals surface area (Å²) in [6, 6.07) is 6.57. The Labute approximate surface area is 129 Å². The van der Waals surface area contributed by atoms with Gasteiger partial charge in [0.05, 0.1) is 18.8 Å². The zero-order chi connectivity index (χ0) is 15.3. The van der Waals surface area contributed by atoms with Gasteiger partial charge in [-0.2, -0.15) is 0 Å². The van der Waals surface area contributed by atoms with Crippen LogP contribution in [0, 0.1) is 6.92 Å². The lowest BCUT2D eigenvalue weighted by molar-refractivity contribution is -0.0901. The SMILES string of the molecule is CCCNC(c1cc(C)ccc1OC)C1(C)CCCCO1. The van der Waals surface area contributed by atoms with Crippen LogP contribution in [0.15, 0.2) is 18.2 Å². The molecule has 1 N–H and O–H groups in total. The molecule has 0 aromatic heterocycles. The smallest absolute Gasteiger partial charge is 0.123 e. The summed E-state index contributed by atoms with van der Waals surface area (Å²) in [5.74, 6) is 0.949. The molecule has 0 spiro atoms. The van der Waals surface area contributed by atoms with Gasteiger partial charge in [-0.3, -0.25) is 0 Å². The molecule has 3 nitrogen and oxygen atoms in total. The van der Waals surface area contributed by atoms with E-state index in [1.54, 1.807) is 7.11 Å². The predicted octanol–water partition coefficient (Wildman–Crippen LogP) is 4.00. The fraction of sp³-hybridized carbons (Fsp3) is 0.667. The zero-order valence-electron chi connectivity index (χ0n) is 13.9. The maximum absolute atomic E-state index is 6.20. The third-order valence-corrected chi connectivity index (χ3v) is 4.40. The van der Waals surface area contributed by atoms with Crippen molar-refractivity contribution in [3.8, 4) is 5.75 Å². The van der Waals surface area contributed by atoms with E-state index in [0.29, 0.717) is 0 Å². The largest absolute Gasteiger partial charge is 0.496 e. The monoisotopic (exact) mass is 291 g/mol. The van der Waals surface area contributed by atoms with Crippen molar-refractivity contribution in [3.63, 3.8) is 0 Å². The predicted molar refractivity (Wildman–Crippen MR) is 87.0 cm³/mol. The first-order valence-corrected chi connectivity index (χ1v) is 8.12. The van der Waals surface area contributed by atoms with Crippen molar-refractivity contribution < 1.29 is 9.47 Å². The molecule has 3 heteroatoms. The van der Waals surface area contributed by atoms with Gasteiger partial charge in [0, 0.05) is 12.2 Å². The van der Waals surface area contributed by atoms with E-state index in [2.05, 4.69) is 44.3 Å². The van der Waals surface area contributed by atoms with Crippen LogP contribution in [0.1, 0.15) is 56.7 Å². The van der Waals surface area contributed by atoms with Gasteiger partial charge in [-0.25, -0.2) is 0 Å². The zero-order valence-corrected chi connectivity index (χ0v) is 13.9. The average molecular weight is 291 g/mol. The Balaban J connectivity index is 2.37. The van der Waals surface area contributed by atoms with E-state index in [1.807, 2.05) is 0 Å². The molecule has 0 aliphatic carbocycles. The Morgan fingerprint density at radius 3 is 2.81 bits per heavy atom. The number of rotatable bonds is 6. The van der Waals surface area contributed by atoms with Crippen LogP contribution in [-0.2, 0) is 4.74 Å². The summed E-state index contributed by atoms with van der Waals surface area (Å²) < 4.78 is 11.8. The Kier molecular flexibility index (Phi) is 5.65. The number of aryl methyl sites for hydroxylation is 1. The van der Waals surface area contributed by atoms with Crippen LogP contribution < -0.4 is 10.1 Å². The lowest BCUT2D eigenvalue weighted by Crippen LogP contribution is -2.46. The Hall–Kier alpha value is -1.06. The standard InChI is InChI=1S/C18H29NO2/c1-5-11-19-17(18(3)10-6-7-12-21-18)15-13-14(2)8-9-16(15)20-4/h8-9,13,17,19H,5-7,10-12H2,1-4H3. The van der Waals surface area contributed by atoms with Crippen LogP contribution >= 0.6 is 0 Å². The second kappa shape index (κ2) is 7.28. The van der Waals surface area contributed by atoms with Gasteiger partial charge in [0.1, 0.15) is 5.75 Å². The molecule has 0 radical (unpaired) electrons. The second-order valence-electron chi connectivity index (χ2n) is 6.25. The van der Waals surface area contributed by atoms with Crippen LogP contribution in [0.3, 0.4) is 0 Å². The van der Waals surface area contributed by atoms with Crippen LogP contribution in [0.25, 0.3) is 0 Å². The van der Waals surface area contributed by atoms with Gasteiger partial charge in [-0.05, 0) is 52.1 Å². The summed E-state index contributed by atoms with van der Waals surface area (Å²) in [6.45, 7) is 8.41. The number of benzene rings is 1. The molecule has 1 aromatic rings. The molecule has 2 unspecified atom stereocenters. The van der Waals surface area contributed by atoms with Crippen LogP contribution in [0.4, 0.5) is 0 Å². The van der Waals surface area contributed by atoms with Crippen LogP contribution in [-0.4, -0.2) is 25.9 Å². The maximum atomic E-state index is 6.20. The minimum Gasteiger partial charge on any atom is -0.496 e. The van der Waals surface area contributed by atoms with E-state index in [9.17, 15) is 0 Å². The molecule has 1 heterocycles. The molecule has 118 valence electrons. The molecule has 2 rings (SSSR count). The van der Waals surface area contributed by atoms with Crippen molar-refractivity contribution >= 4 is 0 Å². The Bertz CT molecular complexity index is 453. The lowest BCUT2D eigenvalue weighted by Gasteiger charge is -2.41. The lowest BCUT2D eigenvalue weighted by atomic mass is 9.83. The van der Waals surface area contributed by atoms with Crippen molar-refractivity contribution in [1.82, 2.24) is 5.32 Å². The highest BCUT2D eigenvalue weighted by atomic mass is 16.5. The van der Waals surface area contributed by atoms with E-state index < -0.39 is 0 Å². The van der Waals surface area contributed by atoms with E-state index in [-0.39, 0.29) is 11.6 Å². The summed E-state index contributed by atoms with van der Waals surface area (Å²) in [5.41, 5.74) is 2.32. The Morgan fingerprint density at radius 1 is 1.38 bits per heavy atom. The summed E-state index contributed by atoms with van der Waals surface area (Å²) in [5, 5.41) is 3.69. The number of methoxy groups -OCH3 is 1. The van der Waals surface area contributed by atoms with Gasteiger partial charge >= 0.3 is 0 Å².